The molecule has 0 fully saturated rings. The average Bonchev–Trinajstić information content (AvgIpc) is 3.13. The SMILES string of the molecule is CCCCCCCCCCCCCCCCN=C(C)C1C=CC=C1. The molecule has 0 bridgehead atoms. The average molecular weight is 332 g/mol. The summed E-state index contributed by atoms with van der Waals surface area (Å²) in [4.78, 5) is 4.71. The summed E-state index contributed by atoms with van der Waals surface area (Å²) >= 11 is 0. The van der Waals surface area contributed by atoms with Gasteiger partial charge in [0, 0.05) is 18.2 Å². The highest BCUT2D eigenvalue weighted by Crippen LogP contribution is 2.14. The molecule has 1 heteroatoms. The van der Waals surface area contributed by atoms with Gasteiger partial charge in [-0.2, -0.15) is 0 Å². The second-order valence-corrected chi connectivity index (χ2v) is 7.41. The van der Waals surface area contributed by atoms with Gasteiger partial charge < -0.3 is 0 Å². The number of nitrogens with zero attached hydrogens (tertiary/aromatic N) is 1. The Balaban J connectivity index is 1.77. The molecule has 0 saturated heterocycles. The lowest BCUT2D eigenvalue weighted by molar-refractivity contribution is 0.536. The van der Waals surface area contributed by atoms with Crippen LogP contribution in [0.3, 0.4) is 0 Å². The maximum atomic E-state index is 4.71. The van der Waals surface area contributed by atoms with Crippen LogP contribution in [0.5, 0.6) is 0 Å². The van der Waals surface area contributed by atoms with Crippen molar-refractivity contribution in [2.45, 2.75) is 104 Å². The first-order valence-electron chi connectivity index (χ1n) is 10.7. The summed E-state index contributed by atoms with van der Waals surface area (Å²) in [6, 6.07) is 0. The van der Waals surface area contributed by atoms with Gasteiger partial charge in [0.15, 0.2) is 0 Å². The third-order valence-electron chi connectivity index (χ3n) is 5.10. The maximum absolute atomic E-state index is 4.71. The smallest absolute Gasteiger partial charge is 0.0388 e. The van der Waals surface area contributed by atoms with E-state index in [1.807, 2.05) is 0 Å². The summed E-state index contributed by atoms with van der Waals surface area (Å²) in [5, 5.41) is 0. The van der Waals surface area contributed by atoms with Crippen molar-refractivity contribution in [2.24, 2.45) is 10.9 Å². The normalized spacial score (nSPS) is 14.8. The van der Waals surface area contributed by atoms with Gasteiger partial charge in [0.25, 0.3) is 0 Å². The molecule has 0 N–H and O–H groups in total. The second kappa shape index (κ2) is 15.7. The maximum Gasteiger partial charge on any atom is 0.0388 e. The summed E-state index contributed by atoms with van der Waals surface area (Å²) in [5.41, 5.74) is 1.27. The van der Waals surface area contributed by atoms with Crippen LogP contribution in [-0.4, -0.2) is 12.3 Å². The fraction of sp³-hybridized carbons (Fsp3) is 0.783. The Bertz CT molecular complexity index is 352. The molecule has 0 spiro atoms. The van der Waals surface area contributed by atoms with Gasteiger partial charge in [-0.25, -0.2) is 0 Å². The highest BCUT2D eigenvalue weighted by molar-refractivity contribution is 5.88. The molecular formula is C23H41N. The van der Waals surface area contributed by atoms with E-state index in [0.29, 0.717) is 5.92 Å². The second-order valence-electron chi connectivity index (χ2n) is 7.41. The standard InChI is InChI=1S/C23H41N/c1-3-4-5-6-7-8-9-10-11-12-13-14-15-18-21-24-22(2)23-19-16-17-20-23/h16-17,19-20,23H,3-15,18,21H2,1-2H3. The Morgan fingerprint density at radius 2 is 1.08 bits per heavy atom. The Morgan fingerprint density at radius 3 is 1.54 bits per heavy atom. The van der Waals surface area contributed by atoms with Crippen LogP contribution in [0.15, 0.2) is 29.3 Å². The van der Waals surface area contributed by atoms with Crippen molar-refractivity contribution in [3.05, 3.63) is 24.3 Å². The zero-order chi connectivity index (χ0) is 17.3. The zero-order valence-corrected chi connectivity index (χ0v) is 16.4. The fourth-order valence-corrected chi connectivity index (χ4v) is 3.38. The molecule has 0 unspecified atom stereocenters. The quantitative estimate of drug-likeness (QED) is 0.203. The fourth-order valence-electron chi connectivity index (χ4n) is 3.38. The van der Waals surface area contributed by atoms with E-state index in [4.69, 9.17) is 4.99 Å². The van der Waals surface area contributed by atoms with E-state index in [0.717, 1.165) is 6.54 Å². The molecular weight excluding hydrogens is 290 g/mol. The van der Waals surface area contributed by atoms with Gasteiger partial charge in [-0.15, -0.1) is 0 Å². The molecule has 1 rings (SSSR count). The molecule has 1 aliphatic carbocycles. The van der Waals surface area contributed by atoms with Gasteiger partial charge in [0.05, 0.1) is 0 Å². The van der Waals surface area contributed by atoms with Crippen LogP contribution in [0.2, 0.25) is 0 Å². The summed E-state index contributed by atoms with van der Waals surface area (Å²) < 4.78 is 0. The largest absolute Gasteiger partial charge is 0.293 e. The molecule has 1 aliphatic rings. The number of hydrogen-bond acceptors (Lipinski definition) is 1. The molecule has 24 heavy (non-hydrogen) atoms. The predicted octanol–water partition coefficient (Wildman–Crippen LogP) is 7.67. The molecule has 0 aliphatic heterocycles. The van der Waals surface area contributed by atoms with Crippen molar-refractivity contribution in [1.29, 1.82) is 0 Å². The minimum atomic E-state index is 0.469. The van der Waals surface area contributed by atoms with E-state index in [-0.39, 0.29) is 0 Å². The minimum Gasteiger partial charge on any atom is -0.293 e. The molecule has 138 valence electrons. The Morgan fingerprint density at radius 1 is 0.667 bits per heavy atom. The van der Waals surface area contributed by atoms with Gasteiger partial charge in [0.1, 0.15) is 0 Å². The summed E-state index contributed by atoms with van der Waals surface area (Å²) in [6.07, 6.45) is 28.6. The number of hydrogen-bond donors (Lipinski definition) is 0. The molecule has 0 aromatic rings. The van der Waals surface area contributed by atoms with Crippen LogP contribution in [-0.2, 0) is 0 Å². The number of aliphatic imine (C=N–C) groups is 1. The van der Waals surface area contributed by atoms with Gasteiger partial charge in [-0.05, 0) is 13.3 Å². The molecule has 0 heterocycles. The highest BCUT2D eigenvalue weighted by Gasteiger charge is 2.06. The van der Waals surface area contributed by atoms with Gasteiger partial charge in [-0.3, -0.25) is 4.99 Å². The van der Waals surface area contributed by atoms with Crippen molar-refractivity contribution in [3.8, 4) is 0 Å². The van der Waals surface area contributed by atoms with Gasteiger partial charge in [-0.1, -0.05) is 115 Å². The first kappa shape index (κ1) is 21.2. The monoisotopic (exact) mass is 331 g/mol. The van der Waals surface area contributed by atoms with Crippen LogP contribution >= 0.6 is 0 Å². The van der Waals surface area contributed by atoms with E-state index >= 15 is 0 Å². The lowest BCUT2D eigenvalue weighted by Gasteiger charge is -2.05. The van der Waals surface area contributed by atoms with Crippen molar-refractivity contribution < 1.29 is 0 Å². The van der Waals surface area contributed by atoms with E-state index in [1.54, 1.807) is 0 Å². The van der Waals surface area contributed by atoms with Crippen molar-refractivity contribution in [3.63, 3.8) is 0 Å². The Hall–Kier alpha value is -0.850. The molecule has 0 saturated carbocycles. The lowest BCUT2D eigenvalue weighted by atomic mass is 10.0. The van der Waals surface area contributed by atoms with Gasteiger partial charge in [0.2, 0.25) is 0 Å². The summed E-state index contributed by atoms with van der Waals surface area (Å²) in [7, 11) is 0. The van der Waals surface area contributed by atoms with Crippen molar-refractivity contribution in [2.75, 3.05) is 6.54 Å². The Kier molecular flexibility index (Phi) is 13.8. The molecule has 0 amide bonds. The van der Waals surface area contributed by atoms with E-state index in [1.165, 1.54) is 95.6 Å². The van der Waals surface area contributed by atoms with Crippen LogP contribution in [0, 0.1) is 5.92 Å². The first-order chi connectivity index (χ1) is 11.8. The van der Waals surface area contributed by atoms with Crippen LogP contribution in [0.4, 0.5) is 0 Å². The molecule has 0 aromatic carbocycles. The molecule has 1 nitrogen and oxygen atoms in total. The summed E-state index contributed by atoms with van der Waals surface area (Å²) in [5.74, 6) is 0.469. The van der Waals surface area contributed by atoms with Crippen LogP contribution in [0.1, 0.15) is 104 Å². The first-order valence-corrected chi connectivity index (χ1v) is 10.7. The zero-order valence-electron chi connectivity index (χ0n) is 16.4. The van der Waals surface area contributed by atoms with E-state index in [2.05, 4.69) is 38.2 Å². The topological polar surface area (TPSA) is 12.4 Å². The molecule has 0 aromatic heterocycles. The minimum absolute atomic E-state index is 0.469. The van der Waals surface area contributed by atoms with E-state index < -0.39 is 0 Å². The summed E-state index contributed by atoms with van der Waals surface area (Å²) in [6.45, 7) is 5.47. The molecule has 0 atom stereocenters. The number of unbranched alkanes of at least 4 members (excludes halogenated alkanes) is 13. The highest BCUT2D eigenvalue weighted by atomic mass is 14.7. The van der Waals surface area contributed by atoms with Crippen LogP contribution < -0.4 is 0 Å². The third-order valence-corrected chi connectivity index (χ3v) is 5.10. The van der Waals surface area contributed by atoms with E-state index in [9.17, 15) is 0 Å². The predicted molar refractivity (Wildman–Crippen MR) is 110 cm³/mol. The Labute approximate surface area is 151 Å². The molecule has 0 radical (unpaired) electrons. The number of allylic oxidation sites excluding steroid dienone is 4. The van der Waals surface area contributed by atoms with Crippen LogP contribution in [0.25, 0.3) is 0 Å². The third kappa shape index (κ3) is 11.6. The number of rotatable bonds is 16. The van der Waals surface area contributed by atoms with Gasteiger partial charge >= 0.3 is 0 Å². The van der Waals surface area contributed by atoms with Crippen molar-refractivity contribution in [1.82, 2.24) is 0 Å². The lowest BCUT2D eigenvalue weighted by Crippen LogP contribution is -2.04. The van der Waals surface area contributed by atoms with Crippen molar-refractivity contribution >= 4 is 5.71 Å².